The number of benzene rings is 1. The number of aromatic nitrogens is 1. The molecule has 0 aliphatic rings. The lowest BCUT2D eigenvalue weighted by molar-refractivity contribution is -0.149. The van der Waals surface area contributed by atoms with Crippen molar-refractivity contribution in [1.82, 2.24) is 10.3 Å². The molecule has 1 amide bonds. The summed E-state index contributed by atoms with van der Waals surface area (Å²) < 4.78 is 11.0. The zero-order chi connectivity index (χ0) is 20.0. The van der Waals surface area contributed by atoms with Crippen molar-refractivity contribution in [3.05, 3.63) is 30.0 Å². The largest absolute Gasteiger partial charge is 0.455 e. The quantitative estimate of drug-likeness (QED) is 0.322. The van der Waals surface area contributed by atoms with Gasteiger partial charge in [-0.3, -0.25) is 9.78 Å². The van der Waals surface area contributed by atoms with E-state index in [1.165, 1.54) is 20.4 Å². The van der Waals surface area contributed by atoms with Crippen molar-refractivity contribution in [2.75, 3.05) is 20.5 Å². The molecule has 0 spiro atoms. The Morgan fingerprint density at radius 2 is 2.07 bits per heavy atom. The van der Waals surface area contributed by atoms with Crippen molar-refractivity contribution in [3.63, 3.8) is 0 Å². The Morgan fingerprint density at radius 1 is 1.33 bits per heavy atom. The molecule has 27 heavy (non-hydrogen) atoms. The summed E-state index contributed by atoms with van der Waals surface area (Å²) in [5.41, 5.74) is 1.14. The van der Waals surface area contributed by atoms with E-state index in [-0.39, 0.29) is 0 Å². The van der Waals surface area contributed by atoms with Gasteiger partial charge in [-0.1, -0.05) is 5.16 Å². The summed E-state index contributed by atoms with van der Waals surface area (Å²) in [4.78, 5) is 22.7. The van der Waals surface area contributed by atoms with Crippen LogP contribution >= 0.6 is 11.8 Å². The van der Waals surface area contributed by atoms with Crippen molar-refractivity contribution in [2.24, 2.45) is 5.16 Å². The molecule has 1 heterocycles. The van der Waals surface area contributed by atoms with Gasteiger partial charge in [-0.25, -0.2) is 0 Å². The van der Waals surface area contributed by atoms with Gasteiger partial charge in [0.1, 0.15) is 12.9 Å². The Bertz CT molecular complexity index is 839. The van der Waals surface area contributed by atoms with E-state index in [0.717, 1.165) is 21.4 Å². The number of carbonyl (C=O) groups is 1. The summed E-state index contributed by atoms with van der Waals surface area (Å²) in [5.74, 6) is 0.115. The molecule has 1 N–H and O–H groups in total. The fourth-order valence-electron chi connectivity index (χ4n) is 2.48. The number of oxime groups is 1. The highest BCUT2D eigenvalue weighted by Gasteiger charge is 2.26. The molecule has 0 saturated carbocycles. The SMILES string of the molecule is CO/N=C/C(C)(C)NC(=O)C(OC)Oc1cc(C)c2ncc(SC)cc2c1. The number of methoxy groups -OCH3 is 1. The van der Waals surface area contributed by atoms with Gasteiger partial charge in [0.15, 0.2) is 0 Å². The van der Waals surface area contributed by atoms with Gasteiger partial charge in [0.2, 0.25) is 0 Å². The molecule has 8 heteroatoms. The van der Waals surface area contributed by atoms with Crippen molar-refractivity contribution in [1.29, 1.82) is 0 Å². The van der Waals surface area contributed by atoms with E-state index in [9.17, 15) is 4.79 Å². The predicted octanol–water partition coefficient (Wildman–Crippen LogP) is 3.14. The highest BCUT2D eigenvalue weighted by molar-refractivity contribution is 7.98. The van der Waals surface area contributed by atoms with E-state index in [1.807, 2.05) is 37.6 Å². The number of amides is 1. The van der Waals surface area contributed by atoms with Crippen LogP contribution < -0.4 is 10.1 Å². The molecule has 0 aliphatic heterocycles. The van der Waals surface area contributed by atoms with Gasteiger partial charge in [0.25, 0.3) is 12.2 Å². The summed E-state index contributed by atoms with van der Waals surface area (Å²) in [6.07, 6.45) is 4.23. The van der Waals surface area contributed by atoms with Crippen LogP contribution in [0.1, 0.15) is 19.4 Å². The smallest absolute Gasteiger partial charge is 0.290 e. The number of pyridine rings is 1. The van der Waals surface area contributed by atoms with Crippen LogP contribution in [-0.2, 0) is 14.4 Å². The molecule has 0 fully saturated rings. The molecule has 0 radical (unpaired) electrons. The van der Waals surface area contributed by atoms with E-state index >= 15 is 0 Å². The third kappa shape index (κ3) is 5.58. The molecule has 1 atom stereocenters. The van der Waals surface area contributed by atoms with Crippen LogP contribution in [0.15, 0.2) is 34.4 Å². The molecule has 1 aromatic heterocycles. The Balaban J connectivity index is 2.22. The first-order valence-electron chi connectivity index (χ1n) is 8.33. The Hall–Kier alpha value is -2.32. The van der Waals surface area contributed by atoms with Crippen LogP contribution in [0, 0.1) is 6.92 Å². The number of hydrogen-bond donors (Lipinski definition) is 1. The van der Waals surface area contributed by atoms with Gasteiger partial charge in [-0.2, -0.15) is 0 Å². The van der Waals surface area contributed by atoms with Gasteiger partial charge in [-0.05, 0) is 50.8 Å². The lowest BCUT2D eigenvalue weighted by Crippen LogP contribution is -2.51. The van der Waals surface area contributed by atoms with Crippen molar-refractivity contribution in [3.8, 4) is 5.75 Å². The highest BCUT2D eigenvalue weighted by atomic mass is 32.2. The van der Waals surface area contributed by atoms with Crippen LogP contribution in [-0.4, -0.2) is 49.4 Å². The summed E-state index contributed by atoms with van der Waals surface area (Å²) in [6.45, 7) is 5.53. The third-order valence-electron chi connectivity index (χ3n) is 3.76. The van der Waals surface area contributed by atoms with E-state index in [0.29, 0.717) is 5.75 Å². The zero-order valence-corrected chi connectivity index (χ0v) is 17.2. The molecular formula is C19H25N3O4S. The minimum atomic E-state index is -1.10. The zero-order valence-electron chi connectivity index (χ0n) is 16.4. The first-order chi connectivity index (χ1) is 12.8. The van der Waals surface area contributed by atoms with Crippen molar-refractivity contribution in [2.45, 2.75) is 37.5 Å². The summed E-state index contributed by atoms with van der Waals surface area (Å²) >= 11 is 1.62. The Kier molecular flexibility index (Phi) is 7.04. The molecule has 0 aliphatic carbocycles. The second kappa shape index (κ2) is 9.05. The number of ether oxygens (including phenoxy) is 2. The first kappa shape index (κ1) is 21.0. The number of nitrogens with one attached hydrogen (secondary N) is 1. The standard InChI is InChI=1S/C19H25N3O4S/c1-12-7-14(8-13-9-15(27-6)10-20-16(12)13)26-18(24-4)17(23)22-19(2,3)11-21-25-5/h7-11,18H,1-6H3,(H,22,23)/b21-11+. The van der Waals surface area contributed by atoms with Gasteiger partial charge >= 0.3 is 0 Å². The fraction of sp³-hybridized carbons (Fsp3) is 0.421. The van der Waals surface area contributed by atoms with Gasteiger partial charge in [0, 0.05) is 23.6 Å². The molecule has 2 rings (SSSR count). The maximum absolute atomic E-state index is 12.5. The maximum Gasteiger partial charge on any atom is 0.290 e. The summed E-state index contributed by atoms with van der Waals surface area (Å²) in [6, 6.07) is 5.73. The monoisotopic (exact) mass is 391 g/mol. The lowest BCUT2D eigenvalue weighted by Gasteiger charge is -2.24. The molecule has 0 saturated heterocycles. The lowest BCUT2D eigenvalue weighted by atomic mass is 10.1. The first-order valence-corrected chi connectivity index (χ1v) is 9.55. The third-order valence-corrected chi connectivity index (χ3v) is 4.45. The van der Waals surface area contributed by atoms with Crippen molar-refractivity contribution >= 4 is 34.8 Å². The molecule has 1 aromatic carbocycles. The van der Waals surface area contributed by atoms with Crippen molar-refractivity contribution < 1.29 is 19.1 Å². The van der Waals surface area contributed by atoms with E-state index in [1.54, 1.807) is 25.6 Å². The molecule has 0 bridgehead atoms. The predicted molar refractivity (Wildman–Crippen MR) is 107 cm³/mol. The Labute approximate surface area is 163 Å². The number of carbonyl (C=O) groups excluding carboxylic acids is 1. The average Bonchev–Trinajstić information content (AvgIpc) is 2.63. The molecule has 2 aromatic rings. The highest BCUT2D eigenvalue weighted by Crippen LogP contribution is 2.27. The van der Waals surface area contributed by atoms with E-state index in [2.05, 4.69) is 20.3 Å². The Morgan fingerprint density at radius 3 is 2.70 bits per heavy atom. The number of fused-ring (bicyclic) bond motifs is 1. The van der Waals surface area contributed by atoms with Crippen LogP contribution in [0.2, 0.25) is 0 Å². The van der Waals surface area contributed by atoms with Crippen LogP contribution in [0.4, 0.5) is 0 Å². The fourth-order valence-corrected chi connectivity index (χ4v) is 2.89. The van der Waals surface area contributed by atoms with E-state index < -0.39 is 17.7 Å². The summed E-state index contributed by atoms with van der Waals surface area (Å²) in [7, 11) is 2.86. The second-order valence-electron chi connectivity index (χ2n) is 6.50. The van der Waals surface area contributed by atoms with Crippen LogP contribution in [0.5, 0.6) is 5.75 Å². The molecular weight excluding hydrogens is 366 g/mol. The minimum Gasteiger partial charge on any atom is -0.455 e. The number of aryl methyl sites for hydroxylation is 1. The molecule has 7 nitrogen and oxygen atoms in total. The second-order valence-corrected chi connectivity index (χ2v) is 7.38. The normalized spacial score (nSPS) is 13.0. The topological polar surface area (TPSA) is 82.0 Å². The molecule has 146 valence electrons. The van der Waals surface area contributed by atoms with Gasteiger partial charge in [0.05, 0.1) is 17.3 Å². The minimum absolute atomic E-state index is 0.418. The summed E-state index contributed by atoms with van der Waals surface area (Å²) in [5, 5.41) is 7.44. The van der Waals surface area contributed by atoms with Gasteiger partial charge in [-0.15, -0.1) is 11.8 Å². The number of rotatable bonds is 8. The molecule has 1 unspecified atom stereocenters. The number of thioether (sulfide) groups is 1. The number of hydrogen-bond acceptors (Lipinski definition) is 7. The average molecular weight is 391 g/mol. The number of nitrogens with zero attached hydrogens (tertiary/aromatic N) is 2. The van der Waals surface area contributed by atoms with E-state index in [4.69, 9.17) is 9.47 Å². The van der Waals surface area contributed by atoms with Gasteiger partial charge < -0.3 is 19.6 Å². The van der Waals surface area contributed by atoms with Crippen LogP contribution in [0.25, 0.3) is 10.9 Å². The van der Waals surface area contributed by atoms with Crippen LogP contribution in [0.3, 0.4) is 0 Å². The maximum atomic E-state index is 12.5.